The Bertz CT molecular complexity index is 150. The van der Waals surface area contributed by atoms with Crippen molar-refractivity contribution < 1.29 is 19.1 Å². The number of hydrogen-bond donors (Lipinski definition) is 0. The highest BCUT2D eigenvalue weighted by molar-refractivity contribution is 5.78. The molecule has 0 amide bonds. The van der Waals surface area contributed by atoms with Gasteiger partial charge in [0.05, 0.1) is 6.26 Å². The topological polar surface area (TPSA) is 52.6 Å². The largest absolute Gasteiger partial charge is 0.513 e. The second-order valence-corrected chi connectivity index (χ2v) is 1.53. The molecule has 0 rings (SSSR count). The van der Waals surface area contributed by atoms with E-state index in [1.54, 1.807) is 0 Å². The first-order chi connectivity index (χ1) is 4.66. The number of ether oxygens (including phenoxy) is 2. The normalized spacial score (nSPS) is 8.10. The maximum atomic E-state index is 10.3. The van der Waals surface area contributed by atoms with Gasteiger partial charge in [0.15, 0.2) is 12.4 Å². The van der Waals surface area contributed by atoms with Crippen molar-refractivity contribution in [3.8, 4) is 0 Å². The number of ketones is 1. The highest BCUT2D eigenvalue weighted by atomic mass is 16.7. The summed E-state index contributed by atoms with van der Waals surface area (Å²) in [6, 6.07) is 0. The molecule has 0 aromatic carbocycles. The molecule has 0 bridgehead atoms. The molecule has 0 aliphatic heterocycles. The van der Waals surface area contributed by atoms with Crippen molar-refractivity contribution in [2.75, 3.05) is 6.61 Å². The van der Waals surface area contributed by atoms with E-state index in [0.29, 0.717) is 0 Å². The van der Waals surface area contributed by atoms with Crippen LogP contribution in [0.1, 0.15) is 6.92 Å². The summed E-state index contributed by atoms with van der Waals surface area (Å²) in [6.45, 7) is 4.17. The second-order valence-electron chi connectivity index (χ2n) is 1.53. The van der Waals surface area contributed by atoms with Crippen LogP contribution in [0.4, 0.5) is 4.79 Å². The van der Waals surface area contributed by atoms with Crippen LogP contribution in [0.2, 0.25) is 0 Å². The monoisotopic (exact) mass is 144 g/mol. The first kappa shape index (κ1) is 8.68. The minimum Gasteiger partial charge on any atom is -0.426 e. The van der Waals surface area contributed by atoms with Gasteiger partial charge in [-0.25, -0.2) is 4.79 Å². The number of Topliss-reactive ketones (excluding diaryl/α,β-unsaturated/α-hetero) is 1. The second kappa shape index (κ2) is 4.55. The van der Waals surface area contributed by atoms with Crippen molar-refractivity contribution in [3.63, 3.8) is 0 Å². The Hall–Kier alpha value is -1.32. The molecule has 56 valence electrons. The minimum absolute atomic E-state index is 0.235. The van der Waals surface area contributed by atoms with Crippen molar-refractivity contribution in [1.82, 2.24) is 0 Å². The number of carbonyl (C=O) groups excluding carboxylic acids is 2. The molecule has 0 aromatic heterocycles. The van der Waals surface area contributed by atoms with Crippen molar-refractivity contribution in [1.29, 1.82) is 0 Å². The smallest absolute Gasteiger partial charge is 0.426 e. The van der Waals surface area contributed by atoms with Gasteiger partial charge >= 0.3 is 6.16 Å². The average molecular weight is 144 g/mol. The molecule has 0 N–H and O–H groups in total. The van der Waals surface area contributed by atoms with Gasteiger partial charge in [0.1, 0.15) is 0 Å². The lowest BCUT2D eigenvalue weighted by Gasteiger charge is -1.97. The van der Waals surface area contributed by atoms with Crippen LogP contribution in [0.5, 0.6) is 0 Å². The Labute approximate surface area is 58.4 Å². The van der Waals surface area contributed by atoms with E-state index in [4.69, 9.17) is 0 Å². The lowest BCUT2D eigenvalue weighted by Crippen LogP contribution is -2.10. The maximum Gasteiger partial charge on any atom is 0.513 e. The third-order valence-electron chi connectivity index (χ3n) is 0.573. The zero-order chi connectivity index (χ0) is 7.98. The average Bonchev–Trinajstić information content (AvgIpc) is 1.85. The molecule has 0 saturated carbocycles. The standard InChI is InChI=1S/C6H8O4/c1-3-9-6(8)10-4-5(2)7/h3H,1,4H2,2H3. The fraction of sp³-hybridized carbons (Fsp3) is 0.333. The van der Waals surface area contributed by atoms with Crippen molar-refractivity contribution >= 4 is 11.9 Å². The van der Waals surface area contributed by atoms with E-state index >= 15 is 0 Å². The van der Waals surface area contributed by atoms with Crippen LogP contribution in [-0.2, 0) is 14.3 Å². The van der Waals surface area contributed by atoms with Crippen LogP contribution >= 0.6 is 0 Å². The molecule has 0 aliphatic rings. The van der Waals surface area contributed by atoms with E-state index in [1.807, 2.05) is 0 Å². The predicted octanol–water partition coefficient (Wildman–Crippen LogP) is 0.872. The predicted molar refractivity (Wildman–Crippen MR) is 33.3 cm³/mol. The van der Waals surface area contributed by atoms with E-state index in [1.165, 1.54) is 6.92 Å². The van der Waals surface area contributed by atoms with Crippen LogP contribution in [0.15, 0.2) is 12.8 Å². The summed E-state index contributed by atoms with van der Waals surface area (Å²) in [5.74, 6) is -0.235. The molecular weight excluding hydrogens is 136 g/mol. The molecule has 0 aliphatic carbocycles. The molecule has 0 aromatic rings. The Morgan fingerprint density at radius 3 is 2.60 bits per heavy atom. The van der Waals surface area contributed by atoms with E-state index < -0.39 is 6.16 Å². The SMILES string of the molecule is C=COC(=O)OCC(C)=O. The first-order valence-corrected chi connectivity index (χ1v) is 2.60. The molecule has 0 fully saturated rings. The van der Waals surface area contributed by atoms with Gasteiger partial charge in [0.25, 0.3) is 0 Å². The van der Waals surface area contributed by atoms with Gasteiger partial charge in [-0.3, -0.25) is 4.79 Å². The molecule has 10 heavy (non-hydrogen) atoms. The molecular formula is C6H8O4. The highest BCUT2D eigenvalue weighted by Crippen LogP contribution is 1.84. The van der Waals surface area contributed by atoms with Gasteiger partial charge in [0.2, 0.25) is 0 Å². The summed E-state index contributed by atoms with van der Waals surface area (Å²) in [7, 11) is 0. The highest BCUT2D eigenvalue weighted by Gasteiger charge is 2.01. The summed E-state index contributed by atoms with van der Waals surface area (Å²) in [4.78, 5) is 20.5. The maximum absolute atomic E-state index is 10.3. The molecule has 4 heteroatoms. The van der Waals surface area contributed by atoms with Crippen LogP contribution in [0, 0.1) is 0 Å². The van der Waals surface area contributed by atoms with Crippen LogP contribution in [0.3, 0.4) is 0 Å². The van der Waals surface area contributed by atoms with E-state index in [0.717, 1.165) is 6.26 Å². The van der Waals surface area contributed by atoms with E-state index in [2.05, 4.69) is 16.1 Å². The lowest BCUT2D eigenvalue weighted by atomic mass is 10.5. The summed E-state index contributed by atoms with van der Waals surface area (Å²) < 4.78 is 8.40. The summed E-state index contributed by atoms with van der Waals surface area (Å²) in [6.07, 6.45) is 0.0212. The third-order valence-corrected chi connectivity index (χ3v) is 0.573. The Kier molecular flexibility index (Phi) is 3.95. The molecule has 0 heterocycles. The number of carbonyl (C=O) groups is 2. The van der Waals surface area contributed by atoms with Crippen molar-refractivity contribution in [2.45, 2.75) is 6.92 Å². The quantitative estimate of drug-likeness (QED) is 0.435. The summed E-state index contributed by atoms with van der Waals surface area (Å²) in [5.41, 5.74) is 0. The zero-order valence-electron chi connectivity index (χ0n) is 5.62. The molecule has 0 spiro atoms. The van der Waals surface area contributed by atoms with E-state index in [9.17, 15) is 9.59 Å². The molecule has 4 nitrogen and oxygen atoms in total. The Morgan fingerprint density at radius 1 is 1.60 bits per heavy atom. The van der Waals surface area contributed by atoms with Crippen LogP contribution < -0.4 is 0 Å². The van der Waals surface area contributed by atoms with Gasteiger partial charge in [-0.05, 0) is 6.92 Å². The van der Waals surface area contributed by atoms with Crippen molar-refractivity contribution in [2.24, 2.45) is 0 Å². The molecule has 0 saturated heterocycles. The van der Waals surface area contributed by atoms with Gasteiger partial charge in [0, 0.05) is 0 Å². The third kappa shape index (κ3) is 4.83. The van der Waals surface area contributed by atoms with Crippen LogP contribution in [-0.4, -0.2) is 18.5 Å². The van der Waals surface area contributed by atoms with Crippen molar-refractivity contribution in [3.05, 3.63) is 12.8 Å². The van der Waals surface area contributed by atoms with Gasteiger partial charge in [-0.1, -0.05) is 6.58 Å². The summed E-state index contributed by atoms with van der Waals surface area (Å²) in [5, 5.41) is 0. The molecule has 0 atom stereocenters. The molecule has 0 unspecified atom stereocenters. The summed E-state index contributed by atoms with van der Waals surface area (Å²) >= 11 is 0. The Balaban J connectivity index is 3.39. The van der Waals surface area contributed by atoms with Gasteiger partial charge < -0.3 is 9.47 Å². The van der Waals surface area contributed by atoms with Gasteiger partial charge in [-0.2, -0.15) is 0 Å². The van der Waals surface area contributed by atoms with E-state index in [-0.39, 0.29) is 12.4 Å². The number of hydrogen-bond acceptors (Lipinski definition) is 4. The Morgan fingerprint density at radius 2 is 2.20 bits per heavy atom. The minimum atomic E-state index is -0.912. The van der Waals surface area contributed by atoms with Crippen LogP contribution in [0.25, 0.3) is 0 Å². The first-order valence-electron chi connectivity index (χ1n) is 2.60. The van der Waals surface area contributed by atoms with Gasteiger partial charge in [-0.15, -0.1) is 0 Å². The fourth-order valence-electron chi connectivity index (χ4n) is 0.263. The molecule has 0 radical (unpaired) electrons. The fourth-order valence-corrected chi connectivity index (χ4v) is 0.263. The lowest BCUT2D eigenvalue weighted by molar-refractivity contribution is -0.120. The number of rotatable bonds is 3. The zero-order valence-corrected chi connectivity index (χ0v) is 5.62.